The van der Waals surface area contributed by atoms with E-state index in [4.69, 9.17) is 9.69 Å². The first-order valence-electron chi connectivity index (χ1n) is 3.21. The van der Waals surface area contributed by atoms with Crippen LogP contribution >= 0.6 is 9.69 Å². The summed E-state index contributed by atoms with van der Waals surface area (Å²) in [5.41, 5.74) is 1.20. The van der Waals surface area contributed by atoms with Crippen molar-refractivity contribution in [3.8, 4) is 0 Å². The second-order valence-corrected chi connectivity index (χ2v) is 1.81. The molecule has 0 radical (unpaired) electrons. The van der Waals surface area contributed by atoms with Crippen LogP contribution in [0.2, 0.25) is 0 Å². The molecule has 0 heterocycles. The molecule has 0 unspecified atom stereocenters. The Labute approximate surface area is 82.0 Å². The topological polar surface area (TPSA) is 0 Å². The van der Waals surface area contributed by atoms with Crippen molar-refractivity contribution in [3.05, 3.63) is 48.9 Å². The third-order valence-corrected chi connectivity index (χ3v) is 1.11. The van der Waals surface area contributed by atoms with Gasteiger partial charge in [0.25, 0.3) is 0 Å². The third kappa shape index (κ3) is 5.06. The van der Waals surface area contributed by atoms with Crippen LogP contribution in [0.5, 0.6) is 0 Å². The van der Waals surface area contributed by atoms with Crippen LogP contribution in [0.15, 0.2) is 36.4 Å². The SMILES string of the molecule is [CH2-]/C=C/c1ccccc1.[Cl][Zn+]. The second kappa shape index (κ2) is 7.85. The van der Waals surface area contributed by atoms with Crippen LogP contribution < -0.4 is 0 Å². The molecule has 2 heteroatoms. The van der Waals surface area contributed by atoms with E-state index < -0.39 is 0 Å². The van der Waals surface area contributed by atoms with E-state index in [1.165, 1.54) is 5.56 Å². The van der Waals surface area contributed by atoms with E-state index in [9.17, 15) is 0 Å². The van der Waals surface area contributed by atoms with Crippen LogP contribution in [0.1, 0.15) is 5.56 Å². The summed E-state index contributed by atoms with van der Waals surface area (Å²) in [5.74, 6) is 0. The quantitative estimate of drug-likeness (QED) is 0.501. The molecule has 0 aromatic heterocycles. The number of hydrogen-bond acceptors (Lipinski definition) is 0. The molecule has 1 rings (SSSR count). The monoisotopic (exact) mass is 216 g/mol. The van der Waals surface area contributed by atoms with E-state index in [1.54, 1.807) is 6.08 Å². The summed E-state index contributed by atoms with van der Waals surface area (Å²) in [5, 5.41) is 0. The predicted molar refractivity (Wildman–Crippen MR) is 46.7 cm³/mol. The minimum absolute atomic E-state index is 0.847. The molecule has 1 aromatic rings. The Morgan fingerprint density at radius 3 is 2.18 bits per heavy atom. The van der Waals surface area contributed by atoms with E-state index in [-0.39, 0.29) is 0 Å². The molecule has 1 aromatic carbocycles. The van der Waals surface area contributed by atoms with Crippen molar-refractivity contribution in [2.45, 2.75) is 0 Å². The Bertz CT molecular complexity index is 194. The molecule has 11 heavy (non-hydrogen) atoms. The van der Waals surface area contributed by atoms with Crippen LogP contribution in [0.25, 0.3) is 6.08 Å². The fourth-order valence-electron chi connectivity index (χ4n) is 0.700. The summed E-state index contributed by atoms with van der Waals surface area (Å²) in [4.78, 5) is 0. The second-order valence-electron chi connectivity index (χ2n) is 1.81. The van der Waals surface area contributed by atoms with Crippen molar-refractivity contribution in [2.75, 3.05) is 0 Å². The zero-order chi connectivity index (χ0) is 8.53. The Kier molecular flexibility index (Phi) is 7.66. The van der Waals surface area contributed by atoms with Crippen LogP contribution in [0.4, 0.5) is 0 Å². The normalized spacial score (nSPS) is 9.00. The van der Waals surface area contributed by atoms with Crippen molar-refractivity contribution >= 4 is 15.8 Å². The van der Waals surface area contributed by atoms with Crippen molar-refractivity contribution in [2.24, 2.45) is 0 Å². The summed E-state index contributed by atoms with van der Waals surface area (Å²) < 4.78 is 0. The summed E-state index contributed by atoms with van der Waals surface area (Å²) in [6.07, 6.45) is 3.76. The van der Waals surface area contributed by atoms with Crippen LogP contribution in [-0.4, -0.2) is 0 Å². The molecule has 0 saturated heterocycles. The van der Waals surface area contributed by atoms with Crippen molar-refractivity contribution in [3.63, 3.8) is 0 Å². The molecule has 0 aliphatic carbocycles. The Morgan fingerprint density at radius 2 is 1.73 bits per heavy atom. The zero-order valence-corrected chi connectivity index (χ0v) is 10.1. The van der Waals surface area contributed by atoms with Gasteiger partial charge < -0.3 is 0 Å². The van der Waals surface area contributed by atoms with Gasteiger partial charge in [-0.3, -0.25) is 0 Å². The standard InChI is InChI=1S/C9H9.ClH.Zn/c1-2-6-9-7-4-3-5-8-9;;/h2-8H,1H2;1H;/q-1;;+2/p-1/b6-2+;;. The first-order valence-corrected chi connectivity index (χ1v) is 7.11. The average Bonchev–Trinajstić information content (AvgIpc) is 2.11. The van der Waals surface area contributed by atoms with Crippen LogP contribution in [-0.2, 0) is 17.3 Å². The number of benzene rings is 1. The molecule has 0 nitrogen and oxygen atoms in total. The van der Waals surface area contributed by atoms with Crippen molar-refractivity contribution in [1.29, 1.82) is 0 Å². The molecule has 0 amide bonds. The van der Waals surface area contributed by atoms with Gasteiger partial charge >= 0.3 is 27.0 Å². The van der Waals surface area contributed by atoms with E-state index in [0.717, 1.165) is 17.3 Å². The van der Waals surface area contributed by atoms with Crippen molar-refractivity contribution < 1.29 is 17.3 Å². The molecule has 0 saturated carbocycles. The molecule has 0 bridgehead atoms. The number of hydrogen-bond donors (Lipinski definition) is 0. The van der Waals surface area contributed by atoms with Gasteiger partial charge in [-0.15, -0.1) is 5.56 Å². The fourth-order valence-corrected chi connectivity index (χ4v) is 0.700. The number of halogens is 1. The molecule has 0 atom stereocenters. The van der Waals surface area contributed by atoms with Gasteiger partial charge in [-0.05, 0) is 0 Å². The summed E-state index contributed by atoms with van der Waals surface area (Å²) in [7, 11) is 4.76. The maximum atomic E-state index is 4.76. The van der Waals surface area contributed by atoms with Gasteiger partial charge in [0.1, 0.15) is 0 Å². The Morgan fingerprint density at radius 1 is 1.18 bits per heavy atom. The molecule has 0 fully saturated rings. The first kappa shape index (κ1) is 10.7. The van der Waals surface area contributed by atoms with E-state index in [2.05, 4.69) is 6.92 Å². The molecule has 54 valence electrons. The molecule has 0 aliphatic heterocycles. The minimum atomic E-state index is 0.847. The Balaban J connectivity index is 0.000000461. The van der Waals surface area contributed by atoms with Crippen LogP contribution in [0.3, 0.4) is 0 Å². The molecular weight excluding hydrogens is 209 g/mol. The summed E-state index contributed by atoms with van der Waals surface area (Å²) in [6, 6.07) is 10.1. The predicted octanol–water partition coefficient (Wildman–Crippen LogP) is 3.22. The van der Waals surface area contributed by atoms with E-state index >= 15 is 0 Å². The molecular formula is C9H9ClZn. The zero-order valence-electron chi connectivity index (χ0n) is 6.33. The Hall–Kier alpha value is -0.257. The van der Waals surface area contributed by atoms with Crippen molar-refractivity contribution in [1.82, 2.24) is 0 Å². The molecule has 0 spiro atoms. The van der Waals surface area contributed by atoms with Gasteiger partial charge in [-0.1, -0.05) is 30.3 Å². The fraction of sp³-hybridized carbons (Fsp3) is 0. The molecule has 0 N–H and O–H groups in total. The van der Waals surface area contributed by atoms with Gasteiger partial charge in [0.15, 0.2) is 0 Å². The number of rotatable bonds is 1. The van der Waals surface area contributed by atoms with Gasteiger partial charge in [0, 0.05) is 0 Å². The molecule has 0 aliphatic rings. The first-order chi connectivity index (χ1) is 5.43. The maximum absolute atomic E-state index is 4.76. The van der Waals surface area contributed by atoms with Gasteiger partial charge in [-0.2, -0.15) is 0 Å². The van der Waals surface area contributed by atoms with Gasteiger partial charge in [-0.25, -0.2) is 19.1 Å². The van der Waals surface area contributed by atoms with Crippen LogP contribution in [0, 0.1) is 6.92 Å². The van der Waals surface area contributed by atoms with E-state index in [1.807, 2.05) is 36.4 Å². The summed E-state index contributed by atoms with van der Waals surface area (Å²) in [6.45, 7) is 3.60. The average molecular weight is 218 g/mol. The third-order valence-electron chi connectivity index (χ3n) is 1.11. The van der Waals surface area contributed by atoms with Gasteiger partial charge in [0.2, 0.25) is 0 Å². The van der Waals surface area contributed by atoms with Gasteiger partial charge in [0.05, 0.1) is 0 Å². The number of allylic oxidation sites excluding steroid dienone is 1. The van der Waals surface area contributed by atoms with E-state index in [0.29, 0.717) is 0 Å². The summed E-state index contributed by atoms with van der Waals surface area (Å²) >= 11 is 0.847.